The molecule has 8 nitrogen and oxygen atoms in total. The Morgan fingerprint density at radius 1 is 1.23 bits per heavy atom. The van der Waals surface area contributed by atoms with Crippen molar-refractivity contribution in [3.05, 3.63) is 35.7 Å². The summed E-state index contributed by atoms with van der Waals surface area (Å²) >= 11 is 0. The molecule has 1 saturated carbocycles. The van der Waals surface area contributed by atoms with Gasteiger partial charge in [-0.05, 0) is 25.2 Å². The third kappa shape index (κ3) is 2.89. The van der Waals surface area contributed by atoms with Crippen LogP contribution in [0.25, 0.3) is 0 Å². The van der Waals surface area contributed by atoms with E-state index in [0.717, 1.165) is 25.7 Å². The number of carbonyl (C=O) groups excluding carboxylic acids is 2. The minimum absolute atomic E-state index is 0.127. The average molecular weight is 358 g/mol. The first-order valence-electron chi connectivity index (χ1n) is 8.91. The molecule has 0 spiro atoms. The van der Waals surface area contributed by atoms with Crippen molar-refractivity contribution < 1.29 is 18.4 Å². The number of aromatic nitrogens is 2. The molecule has 0 radical (unpaired) electrons. The zero-order chi connectivity index (χ0) is 18.3. The number of fused-ring (bicyclic) bond motifs is 2. The second-order valence-electron chi connectivity index (χ2n) is 7.29. The van der Waals surface area contributed by atoms with Gasteiger partial charge < -0.3 is 19.1 Å². The largest absolute Gasteiger partial charge is 0.448 e. The van der Waals surface area contributed by atoms with E-state index in [-0.39, 0.29) is 23.0 Å². The minimum Gasteiger partial charge on any atom is -0.448 e. The van der Waals surface area contributed by atoms with E-state index in [4.69, 9.17) is 8.83 Å². The lowest BCUT2D eigenvalue weighted by Crippen LogP contribution is -2.54. The summed E-state index contributed by atoms with van der Waals surface area (Å²) in [5.74, 6) is 0.976. The van der Waals surface area contributed by atoms with Crippen LogP contribution in [-0.4, -0.2) is 45.3 Å². The van der Waals surface area contributed by atoms with E-state index < -0.39 is 0 Å². The standard InChI is InChI=1S/C18H22N4O4/c1-11-20-14(8-25-11)16(23)19-10-18-5-3-4-13(6-18)7-22(18)17(24)15-9-26-12(2)21-15/h8-9,13H,3-7,10H2,1-2H3,(H,19,23). The van der Waals surface area contributed by atoms with Crippen molar-refractivity contribution in [2.75, 3.05) is 13.1 Å². The fourth-order valence-corrected chi connectivity index (χ4v) is 4.27. The van der Waals surface area contributed by atoms with Crippen LogP contribution < -0.4 is 5.32 Å². The number of hydrogen-bond acceptors (Lipinski definition) is 6. The van der Waals surface area contributed by atoms with E-state index in [1.54, 1.807) is 13.8 Å². The molecule has 2 amide bonds. The zero-order valence-electron chi connectivity index (χ0n) is 14.9. The fraction of sp³-hybridized carbons (Fsp3) is 0.556. The van der Waals surface area contributed by atoms with Crippen molar-refractivity contribution in [2.24, 2.45) is 5.92 Å². The maximum atomic E-state index is 13.0. The van der Waals surface area contributed by atoms with Gasteiger partial charge in [0.15, 0.2) is 23.2 Å². The van der Waals surface area contributed by atoms with Crippen LogP contribution in [0.1, 0.15) is 58.4 Å². The highest BCUT2D eigenvalue weighted by atomic mass is 16.3. The van der Waals surface area contributed by atoms with Crippen LogP contribution in [0.15, 0.2) is 21.4 Å². The molecule has 2 unspecified atom stereocenters. The summed E-state index contributed by atoms with van der Waals surface area (Å²) in [6.45, 7) is 4.51. The molecule has 26 heavy (non-hydrogen) atoms. The molecule has 0 aromatic carbocycles. The minimum atomic E-state index is -0.374. The number of rotatable bonds is 4. The van der Waals surface area contributed by atoms with Gasteiger partial charge in [-0.2, -0.15) is 0 Å². The lowest BCUT2D eigenvalue weighted by atomic mass is 9.79. The van der Waals surface area contributed by atoms with E-state index in [2.05, 4.69) is 15.3 Å². The second-order valence-corrected chi connectivity index (χ2v) is 7.29. The molecule has 2 aliphatic rings. The van der Waals surface area contributed by atoms with E-state index >= 15 is 0 Å². The van der Waals surface area contributed by atoms with Gasteiger partial charge in [-0.1, -0.05) is 6.42 Å². The topological polar surface area (TPSA) is 101 Å². The van der Waals surface area contributed by atoms with Gasteiger partial charge in [0.05, 0.1) is 5.54 Å². The SMILES string of the molecule is Cc1nc(C(=O)NCC23CCCC(CN2C(=O)c2coc(C)n2)C3)co1. The summed E-state index contributed by atoms with van der Waals surface area (Å²) in [4.78, 5) is 35.5. The van der Waals surface area contributed by atoms with Crippen molar-refractivity contribution in [3.8, 4) is 0 Å². The smallest absolute Gasteiger partial charge is 0.276 e. The van der Waals surface area contributed by atoms with E-state index in [9.17, 15) is 9.59 Å². The number of oxazole rings is 2. The normalized spacial score (nSPS) is 24.7. The van der Waals surface area contributed by atoms with Crippen LogP contribution in [-0.2, 0) is 0 Å². The molecule has 1 aliphatic carbocycles. The first-order chi connectivity index (χ1) is 12.5. The zero-order valence-corrected chi connectivity index (χ0v) is 14.9. The first kappa shape index (κ1) is 16.8. The summed E-state index contributed by atoms with van der Waals surface area (Å²) in [6, 6.07) is 0. The molecule has 2 atom stereocenters. The Balaban J connectivity index is 1.53. The Hall–Kier alpha value is -2.64. The maximum absolute atomic E-state index is 13.0. The van der Waals surface area contributed by atoms with Crippen LogP contribution >= 0.6 is 0 Å². The number of nitrogens with one attached hydrogen (secondary N) is 1. The Bertz CT molecular complexity index is 842. The predicted octanol–water partition coefficient (Wildman–Crippen LogP) is 2.09. The van der Waals surface area contributed by atoms with Gasteiger partial charge in [0.25, 0.3) is 11.8 Å². The van der Waals surface area contributed by atoms with Gasteiger partial charge in [0.2, 0.25) is 0 Å². The van der Waals surface area contributed by atoms with Crippen molar-refractivity contribution in [2.45, 2.75) is 45.1 Å². The van der Waals surface area contributed by atoms with Crippen LogP contribution in [0.4, 0.5) is 0 Å². The van der Waals surface area contributed by atoms with Gasteiger partial charge >= 0.3 is 0 Å². The maximum Gasteiger partial charge on any atom is 0.276 e. The average Bonchev–Trinajstić information content (AvgIpc) is 3.31. The van der Waals surface area contributed by atoms with Crippen molar-refractivity contribution >= 4 is 11.8 Å². The van der Waals surface area contributed by atoms with E-state index in [1.165, 1.54) is 12.5 Å². The molecule has 8 heteroatoms. The summed E-state index contributed by atoms with van der Waals surface area (Å²) in [7, 11) is 0. The number of nitrogens with zero attached hydrogens (tertiary/aromatic N) is 3. The first-order valence-corrected chi connectivity index (χ1v) is 8.91. The van der Waals surface area contributed by atoms with Crippen molar-refractivity contribution in [1.82, 2.24) is 20.2 Å². The lowest BCUT2D eigenvalue weighted by molar-refractivity contribution is 0.0551. The summed E-state index contributed by atoms with van der Waals surface area (Å²) < 4.78 is 10.3. The Morgan fingerprint density at radius 3 is 2.58 bits per heavy atom. The molecule has 1 N–H and O–H groups in total. The fourth-order valence-electron chi connectivity index (χ4n) is 4.27. The Morgan fingerprint density at radius 2 is 1.92 bits per heavy atom. The molecule has 1 saturated heterocycles. The van der Waals surface area contributed by atoms with Crippen molar-refractivity contribution in [3.63, 3.8) is 0 Å². The molecule has 2 fully saturated rings. The summed E-state index contributed by atoms with van der Waals surface area (Å²) in [6.07, 6.45) is 6.68. The van der Waals surface area contributed by atoms with E-state index in [0.29, 0.717) is 36.5 Å². The van der Waals surface area contributed by atoms with Crippen molar-refractivity contribution in [1.29, 1.82) is 0 Å². The van der Waals surface area contributed by atoms with Crippen LogP contribution in [0.3, 0.4) is 0 Å². The molecule has 138 valence electrons. The number of hydrogen-bond donors (Lipinski definition) is 1. The number of aryl methyl sites for hydroxylation is 2. The van der Waals surface area contributed by atoms with Crippen LogP contribution in [0.5, 0.6) is 0 Å². The number of amides is 2. The quantitative estimate of drug-likeness (QED) is 0.898. The molecule has 2 aromatic heterocycles. The van der Waals surface area contributed by atoms with Gasteiger partial charge in [-0.3, -0.25) is 9.59 Å². The van der Waals surface area contributed by atoms with Gasteiger partial charge in [0.1, 0.15) is 12.5 Å². The molecule has 2 bridgehead atoms. The molecular formula is C18H22N4O4. The van der Waals surface area contributed by atoms with E-state index in [1.807, 2.05) is 4.90 Å². The number of likely N-dealkylation sites (tertiary alicyclic amines) is 1. The second kappa shape index (κ2) is 6.26. The van der Waals surface area contributed by atoms with Gasteiger partial charge in [-0.25, -0.2) is 9.97 Å². The Labute approximate surface area is 151 Å². The third-order valence-electron chi connectivity index (χ3n) is 5.45. The summed E-state index contributed by atoms with van der Waals surface area (Å²) in [5, 5.41) is 2.94. The van der Waals surface area contributed by atoms with Gasteiger partial charge in [-0.15, -0.1) is 0 Å². The Kier molecular flexibility index (Phi) is 4.05. The monoisotopic (exact) mass is 358 g/mol. The lowest BCUT2D eigenvalue weighted by Gasteiger charge is -2.39. The highest BCUT2D eigenvalue weighted by Crippen LogP contribution is 2.44. The predicted molar refractivity (Wildman–Crippen MR) is 90.5 cm³/mol. The molecule has 2 aromatic rings. The highest BCUT2D eigenvalue weighted by molar-refractivity contribution is 5.93. The molecule has 1 aliphatic heterocycles. The molecular weight excluding hydrogens is 336 g/mol. The highest BCUT2D eigenvalue weighted by Gasteiger charge is 2.50. The number of carbonyl (C=O) groups is 2. The van der Waals surface area contributed by atoms with Crippen LogP contribution in [0, 0.1) is 19.8 Å². The third-order valence-corrected chi connectivity index (χ3v) is 5.45. The summed E-state index contributed by atoms with van der Waals surface area (Å²) in [5.41, 5.74) is 0.212. The van der Waals surface area contributed by atoms with Crippen LogP contribution in [0.2, 0.25) is 0 Å². The molecule has 3 heterocycles. The van der Waals surface area contributed by atoms with Gasteiger partial charge in [0, 0.05) is 26.9 Å². The molecule has 4 rings (SSSR count).